The van der Waals surface area contributed by atoms with E-state index in [0.717, 1.165) is 12.1 Å². The van der Waals surface area contributed by atoms with E-state index >= 15 is 0 Å². The lowest BCUT2D eigenvalue weighted by Crippen LogP contribution is -1.92. The average Bonchev–Trinajstić information content (AvgIpc) is 2.27. The topological polar surface area (TPSA) is 0 Å². The van der Waals surface area contributed by atoms with E-state index in [2.05, 4.69) is 5.92 Å². The summed E-state index contributed by atoms with van der Waals surface area (Å²) < 4.78 is 26.8. The van der Waals surface area contributed by atoms with Crippen molar-refractivity contribution in [3.8, 4) is 23.5 Å². The summed E-state index contributed by atoms with van der Waals surface area (Å²) in [4.78, 5) is 0. The Morgan fingerprint density at radius 3 is 2.53 bits per heavy atom. The molecular formula is C14H7ClF2. The first-order chi connectivity index (χ1) is 8.11. The number of rotatable bonds is 1. The van der Waals surface area contributed by atoms with Gasteiger partial charge in [0.05, 0.1) is 0 Å². The van der Waals surface area contributed by atoms with Crippen molar-refractivity contribution in [2.75, 3.05) is 0 Å². The Balaban J connectivity index is 2.71. The van der Waals surface area contributed by atoms with Crippen molar-refractivity contribution in [1.29, 1.82) is 0 Å². The number of hydrogen-bond donors (Lipinski definition) is 0. The van der Waals surface area contributed by atoms with E-state index in [1.165, 1.54) is 0 Å². The summed E-state index contributed by atoms with van der Waals surface area (Å²) in [5, 5.41) is 0.467. The maximum absolute atomic E-state index is 13.7. The van der Waals surface area contributed by atoms with Gasteiger partial charge in [-0.15, -0.1) is 6.42 Å². The zero-order valence-corrected chi connectivity index (χ0v) is 9.43. The van der Waals surface area contributed by atoms with E-state index in [9.17, 15) is 8.78 Å². The van der Waals surface area contributed by atoms with Crippen molar-refractivity contribution in [1.82, 2.24) is 0 Å². The van der Waals surface area contributed by atoms with E-state index in [1.807, 2.05) is 0 Å². The number of hydrogen-bond acceptors (Lipinski definition) is 0. The van der Waals surface area contributed by atoms with Crippen LogP contribution in [0.4, 0.5) is 8.78 Å². The van der Waals surface area contributed by atoms with Gasteiger partial charge < -0.3 is 0 Å². The molecule has 0 heterocycles. The van der Waals surface area contributed by atoms with E-state index in [-0.39, 0.29) is 11.1 Å². The molecule has 17 heavy (non-hydrogen) atoms. The Hall–Kier alpha value is -1.85. The van der Waals surface area contributed by atoms with Crippen LogP contribution in [0.1, 0.15) is 5.56 Å². The van der Waals surface area contributed by atoms with Gasteiger partial charge in [-0.05, 0) is 23.8 Å². The molecule has 0 radical (unpaired) electrons. The molecule has 0 aliphatic rings. The smallest absolute Gasteiger partial charge is 0.135 e. The fraction of sp³-hybridized carbons (Fsp3) is 0. The fourth-order valence-electron chi connectivity index (χ4n) is 1.62. The van der Waals surface area contributed by atoms with Crippen LogP contribution >= 0.6 is 11.6 Å². The SMILES string of the molecule is C#Cc1cc(F)cc(F)c1-c1cccc(Cl)c1. The van der Waals surface area contributed by atoms with Gasteiger partial charge in [0.15, 0.2) is 0 Å². The summed E-state index contributed by atoms with van der Waals surface area (Å²) in [5.74, 6) is 0.885. The third-order valence-corrected chi connectivity index (χ3v) is 2.56. The lowest BCUT2D eigenvalue weighted by molar-refractivity contribution is 0.585. The van der Waals surface area contributed by atoms with Gasteiger partial charge in [-0.3, -0.25) is 0 Å². The van der Waals surface area contributed by atoms with Gasteiger partial charge in [0.25, 0.3) is 0 Å². The van der Waals surface area contributed by atoms with Crippen molar-refractivity contribution in [3.05, 3.63) is 58.6 Å². The predicted molar refractivity (Wildman–Crippen MR) is 64.7 cm³/mol. The molecule has 2 aromatic rings. The van der Waals surface area contributed by atoms with E-state index in [1.54, 1.807) is 24.3 Å². The lowest BCUT2D eigenvalue weighted by Gasteiger charge is -2.07. The Morgan fingerprint density at radius 2 is 1.88 bits per heavy atom. The highest BCUT2D eigenvalue weighted by molar-refractivity contribution is 6.30. The van der Waals surface area contributed by atoms with Crippen molar-refractivity contribution in [3.63, 3.8) is 0 Å². The summed E-state index contributed by atoms with van der Waals surface area (Å²) in [6.07, 6.45) is 5.25. The second-order valence-corrected chi connectivity index (χ2v) is 3.90. The molecule has 0 aliphatic heterocycles. The summed E-state index contributed by atoms with van der Waals surface area (Å²) in [5.41, 5.74) is 0.893. The standard InChI is InChI=1S/C14H7ClF2/c1-2-9-7-12(16)8-13(17)14(9)10-4-3-5-11(15)6-10/h1,3-8H. The molecule has 0 aliphatic carbocycles. The third-order valence-electron chi connectivity index (χ3n) is 2.32. The van der Waals surface area contributed by atoms with Gasteiger partial charge in [0, 0.05) is 22.2 Å². The zero-order valence-electron chi connectivity index (χ0n) is 8.68. The molecule has 0 aromatic heterocycles. The Kier molecular flexibility index (Phi) is 3.12. The average molecular weight is 249 g/mol. The normalized spacial score (nSPS) is 10.0. The van der Waals surface area contributed by atoms with E-state index in [0.29, 0.717) is 10.6 Å². The Morgan fingerprint density at radius 1 is 1.12 bits per heavy atom. The van der Waals surface area contributed by atoms with Crippen LogP contribution in [0.5, 0.6) is 0 Å². The minimum atomic E-state index is -0.694. The zero-order chi connectivity index (χ0) is 12.4. The van der Waals surface area contributed by atoms with Crippen LogP contribution in [0.25, 0.3) is 11.1 Å². The second kappa shape index (κ2) is 4.57. The van der Waals surface area contributed by atoms with Crippen LogP contribution in [0.2, 0.25) is 5.02 Å². The first kappa shape index (κ1) is 11.6. The van der Waals surface area contributed by atoms with Crippen molar-refractivity contribution in [2.45, 2.75) is 0 Å². The highest BCUT2D eigenvalue weighted by atomic mass is 35.5. The second-order valence-electron chi connectivity index (χ2n) is 3.46. The van der Waals surface area contributed by atoms with E-state index in [4.69, 9.17) is 18.0 Å². The fourth-order valence-corrected chi connectivity index (χ4v) is 1.82. The van der Waals surface area contributed by atoms with Crippen molar-refractivity contribution < 1.29 is 8.78 Å². The molecule has 0 nitrogen and oxygen atoms in total. The van der Waals surface area contributed by atoms with Gasteiger partial charge in [0.2, 0.25) is 0 Å². The molecule has 0 saturated heterocycles. The molecule has 0 saturated carbocycles. The third kappa shape index (κ3) is 2.30. The van der Waals surface area contributed by atoms with Crippen LogP contribution in [0, 0.1) is 24.0 Å². The predicted octanol–water partition coefficient (Wildman–Crippen LogP) is 4.27. The molecule has 84 valence electrons. The van der Waals surface area contributed by atoms with Crippen LogP contribution < -0.4 is 0 Å². The molecule has 0 spiro atoms. The van der Waals surface area contributed by atoms with Crippen LogP contribution in [-0.2, 0) is 0 Å². The monoisotopic (exact) mass is 248 g/mol. The molecule has 2 rings (SSSR count). The minimum absolute atomic E-state index is 0.171. The molecule has 0 unspecified atom stereocenters. The van der Waals surface area contributed by atoms with Crippen molar-refractivity contribution in [2.24, 2.45) is 0 Å². The van der Waals surface area contributed by atoms with Gasteiger partial charge in [-0.2, -0.15) is 0 Å². The Bertz CT molecular complexity index is 612. The highest BCUT2D eigenvalue weighted by Crippen LogP contribution is 2.29. The van der Waals surface area contributed by atoms with Crippen LogP contribution in [-0.4, -0.2) is 0 Å². The molecule has 2 aromatic carbocycles. The minimum Gasteiger partial charge on any atom is -0.207 e. The summed E-state index contributed by atoms with van der Waals surface area (Å²) in [6, 6.07) is 8.53. The molecule has 0 N–H and O–H groups in total. The van der Waals surface area contributed by atoms with Gasteiger partial charge in [-0.1, -0.05) is 29.7 Å². The molecule has 3 heteroatoms. The van der Waals surface area contributed by atoms with Crippen LogP contribution in [0.15, 0.2) is 36.4 Å². The molecule has 0 atom stereocenters. The van der Waals surface area contributed by atoms with Gasteiger partial charge in [0.1, 0.15) is 11.6 Å². The van der Waals surface area contributed by atoms with E-state index < -0.39 is 11.6 Å². The number of halogens is 3. The van der Waals surface area contributed by atoms with Gasteiger partial charge in [-0.25, -0.2) is 8.78 Å². The summed E-state index contributed by atoms with van der Waals surface area (Å²) in [7, 11) is 0. The number of benzene rings is 2. The molecule has 0 bridgehead atoms. The summed E-state index contributed by atoms with van der Waals surface area (Å²) >= 11 is 5.83. The first-order valence-electron chi connectivity index (χ1n) is 4.83. The molecule has 0 amide bonds. The van der Waals surface area contributed by atoms with Crippen LogP contribution in [0.3, 0.4) is 0 Å². The maximum atomic E-state index is 13.7. The first-order valence-corrected chi connectivity index (χ1v) is 5.21. The van der Waals surface area contributed by atoms with Gasteiger partial charge >= 0.3 is 0 Å². The molecular weight excluding hydrogens is 242 g/mol. The lowest BCUT2D eigenvalue weighted by atomic mass is 9.99. The number of terminal acetylenes is 1. The highest BCUT2D eigenvalue weighted by Gasteiger charge is 2.12. The van der Waals surface area contributed by atoms with Crippen molar-refractivity contribution >= 4 is 11.6 Å². The Labute approximate surface area is 103 Å². The quantitative estimate of drug-likeness (QED) is 0.662. The molecule has 0 fully saturated rings. The largest absolute Gasteiger partial charge is 0.207 e. The summed E-state index contributed by atoms with van der Waals surface area (Å²) in [6.45, 7) is 0. The maximum Gasteiger partial charge on any atom is 0.135 e.